The molecule has 1 aliphatic heterocycles. The van der Waals surface area contributed by atoms with E-state index in [4.69, 9.17) is 5.11 Å². The third-order valence-corrected chi connectivity index (χ3v) is 2.28. The summed E-state index contributed by atoms with van der Waals surface area (Å²) in [4.78, 5) is 0. The molecule has 1 fully saturated rings. The van der Waals surface area contributed by atoms with E-state index in [1.54, 1.807) is 12.1 Å². The van der Waals surface area contributed by atoms with Crippen molar-refractivity contribution >= 4 is 0 Å². The second-order valence-electron chi connectivity index (χ2n) is 3.29. The van der Waals surface area contributed by atoms with Crippen LogP contribution in [0.2, 0.25) is 0 Å². The van der Waals surface area contributed by atoms with Crippen LogP contribution in [0.1, 0.15) is 18.2 Å². The minimum atomic E-state index is 0.245. The zero-order valence-electron chi connectivity index (χ0n) is 7.46. The highest BCUT2D eigenvalue weighted by Crippen LogP contribution is 2.16. The molecule has 0 bridgehead atoms. The Hall–Kier alpha value is -1.06. The van der Waals surface area contributed by atoms with Crippen molar-refractivity contribution in [3.63, 3.8) is 0 Å². The molecule has 0 amide bonds. The number of aromatic hydroxyl groups is 1. The standard InChI is InChI=1S/C10H14N2O/c13-9-4-2-8(3-5-9)10-11-6-1-7-12-10/h2-5,10-13H,1,6-7H2. The molecule has 1 aliphatic rings. The van der Waals surface area contributed by atoms with Gasteiger partial charge in [0, 0.05) is 0 Å². The quantitative estimate of drug-likeness (QED) is 0.600. The maximum atomic E-state index is 9.11. The highest BCUT2D eigenvalue weighted by atomic mass is 16.3. The maximum Gasteiger partial charge on any atom is 0.115 e. The van der Waals surface area contributed by atoms with E-state index in [1.165, 1.54) is 12.0 Å². The van der Waals surface area contributed by atoms with Crippen molar-refractivity contribution in [3.05, 3.63) is 29.8 Å². The van der Waals surface area contributed by atoms with Crippen LogP contribution >= 0.6 is 0 Å². The fourth-order valence-electron chi connectivity index (χ4n) is 1.56. The average Bonchev–Trinajstić information content (AvgIpc) is 2.20. The lowest BCUT2D eigenvalue weighted by Gasteiger charge is -2.25. The number of hydrogen-bond donors (Lipinski definition) is 3. The lowest BCUT2D eigenvalue weighted by Crippen LogP contribution is -2.41. The van der Waals surface area contributed by atoms with Gasteiger partial charge in [0.05, 0.1) is 6.17 Å². The summed E-state index contributed by atoms with van der Waals surface area (Å²) in [7, 11) is 0. The number of phenols is 1. The Morgan fingerprint density at radius 2 is 1.69 bits per heavy atom. The van der Waals surface area contributed by atoms with Crippen molar-refractivity contribution in [2.45, 2.75) is 12.6 Å². The molecule has 3 heteroatoms. The van der Waals surface area contributed by atoms with E-state index in [9.17, 15) is 0 Å². The van der Waals surface area contributed by atoms with Crippen LogP contribution in [-0.2, 0) is 0 Å². The summed E-state index contributed by atoms with van der Waals surface area (Å²) in [6, 6.07) is 7.30. The van der Waals surface area contributed by atoms with Crippen LogP contribution < -0.4 is 10.6 Å². The smallest absolute Gasteiger partial charge is 0.115 e. The second kappa shape index (κ2) is 3.77. The number of phenolic OH excluding ortho intramolecular Hbond substituents is 1. The van der Waals surface area contributed by atoms with Gasteiger partial charge in [-0.3, -0.25) is 10.6 Å². The largest absolute Gasteiger partial charge is 0.508 e. The minimum Gasteiger partial charge on any atom is -0.508 e. The number of nitrogens with one attached hydrogen (secondary N) is 2. The molecule has 0 unspecified atom stereocenters. The van der Waals surface area contributed by atoms with Gasteiger partial charge in [0.2, 0.25) is 0 Å². The predicted molar refractivity (Wildman–Crippen MR) is 51.5 cm³/mol. The molecule has 0 aromatic heterocycles. The Morgan fingerprint density at radius 3 is 2.31 bits per heavy atom. The van der Waals surface area contributed by atoms with Crippen molar-refractivity contribution in [2.24, 2.45) is 0 Å². The Balaban J connectivity index is 2.10. The fraction of sp³-hybridized carbons (Fsp3) is 0.400. The Labute approximate surface area is 77.8 Å². The van der Waals surface area contributed by atoms with E-state index in [0.29, 0.717) is 5.75 Å². The summed E-state index contributed by atoms with van der Waals surface area (Å²) >= 11 is 0. The van der Waals surface area contributed by atoms with Crippen LogP contribution in [0.5, 0.6) is 5.75 Å². The second-order valence-corrected chi connectivity index (χ2v) is 3.29. The minimum absolute atomic E-state index is 0.245. The number of rotatable bonds is 1. The predicted octanol–water partition coefficient (Wildman–Crippen LogP) is 0.974. The first-order chi connectivity index (χ1) is 6.36. The van der Waals surface area contributed by atoms with Crippen LogP contribution in [0, 0.1) is 0 Å². The van der Waals surface area contributed by atoms with E-state index < -0.39 is 0 Å². The fourth-order valence-corrected chi connectivity index (χ4v) is 1.56. The molecule has 1 aromatic carbocycles. The molecule has 0 aliphatic carbocycles. The van der Waals surface area contributed by atoms with Gasteiger partial charge in [0.1, 0.15) is 5.75 Å². The summed E-state index contributed by atoms with van der Waals surface area (Å²) in [5.74, 6) is 0.319. The lowest BCUT2D eigenvalue weighted by molar-refractivity contribution is 0.379. The number of benzene rings is 1. The van der Waals surface area contributed by atoms with Crippen LogP contribution in [0.15, 0.2) is 24.3 Å². The molecule has 0 radical (unpaired) electrons. The third kappa shape index (κ3) is 1.99. The van der Waals surface area contributed by atoms with Gasteiger partial charge in [0.15, 0.2) is 0 Å². The molecule has 0 spiro atoms. The summed E-state index contributed by atoms with van der Waals surface area (Å²) in [5, 5.41) is 15.8. The Morgan fingerprint density at radius 1 is 1.08 bits per heavy atom. The molecule has 13 heavy (non-hydrogen) atoms. The molecule has 1 aromatic rings. The molecule has 0 atom stereocenters. The van der Waals surface area contributed by atoms with Gasteiger partial charge in [-0.2, -0.15) is 0 Å². The van der Waals surface area contributed by atoms with Gasteiger partial charge in [-0.15, -0.1) is 0 Å². The van der Waals surface area contributed by atoms with E-state index >= 15 is 0 Å². The Kier molecular flexibility index (Phi) is 2.47. The van der Waals surface area contributed by atoms with Crippen molar-refractivity contribution in [3.8, 4) is 5.75 Å². The van der Waals surface area contributed by atoms with E-state index in [1.807, 2.05) is 12.1 Å². The van der Waals surface area contributed by atoms with E-state index in [0.717, 1.165) is 13.1 Å². The van der Waals surface area contributed by atoms with Gasteiger partial charge in [0.25, 0.3) is 0 Å². The van der Waals surface area contributed by atoms with Gasteiger partial charge >= 0.3 is 0 Å². The zero-order chi connectivity index (χ0) is 9.10. The summed E-state index contributed by atoms with van der Waals surface area (Å²) < 4.78 is 0. The molecule has 1 heterocycles. The van der Waals surface area contributed by atoms with Crippen molar-refractivity contribution < 1.29 is 5.11 Å². The first-order valence-corrected chi connectivity index (χ1v) is 4.62. The summed E-state index contributed by atoms with van der Waals surface area (Å²) in [6.45, 7) is 2.11. The van der Waals surface area contributed by atoms with E-state index in [2.05, 4.69) is 10.6 Å². The van der Waals surface area contributed by atoms with Gasteiger partial charge in [-0.05, 0) is 37.2 Å². The topological polar surface area (TPSA) is 44.3 Å². The molecule has 3 nitrogen and oxygen atoms in total. The number of hydrogen-bond acceptors (Lipinski definition) is 3. The summed E-state index contributed by atoms with van der Waals surface area (Å²) in [5.41, 5.74) is 1.18. The highest BCUT2D eigenvalue weighted by Gasteiger charge is 2.12. The monoisotopic (exact) mass is 178 g/mol. The molecule has 3 N–H and O–H groups in total. The van der Waals surface area contributed by atoms with E-state index in [-0.39, 0.29) is 6.17 Å². The molecule has 70 valence electrons. The van der Waals surface area contributed by atoms with Gasteiger partial charge in [-0.25, -0.2) is 0 Å². The van der Waals surface area contributed by atoms with Crippen LogP contribution in [-0.4, -0.2) is 18.2 Å². The molecule has 1 saturated heterocycles. The van der Waals surface area contributed by atoms with Crippen molar-refractivity contribution in [2.75, 3.05) is 13.1 Å². The van der Waals surface area contributed by atoms with Crippen molar-refractivity contribution in [1.82, 2.24) is 10.6 Å². The SMILES string of the molecule is Oc1ccc(C2NCCCN2)cc1. The zero-order valence-corrected chi connectivity index (χ0v) is 7.46. The first kappa shape index (κ1) is 8.53. The molecule has 0 saturated carbocycles. The van der Waals surface area contributed by atoms with Crippen LogP contribution in [0.4, 0.5) is 0 Å². The normalized spacial score (nSPS) is 18.8. The Bertz CT molecular complexity index is 265. The maximum absolute atomic E-state index is 9.11. The molecule has 2 rings (SSSR count). The third-order valence-electron chi connectivity index (χ3n) is 2.28. The average molecular weight is 178 g/mol. The van der Waals surface area contributed by atoms with Crippen LogP contribution in [0.3, 0.4) is 0 Å². The van der Waals surface area contributed by atoms with Gasteiger partial charge < -0.3 is 5.11 Å². The summed E-state index contributed by atoms with van der Waals surface area (Å²) in [6.07, 6.45) is 1.42. The lowest BCUT2D eigenvalue weighted by atomic mass is 10.1. The van der Waals surface area contributed by atoms with Crippen LogP contribution in [0.25, 0.3) is 0 Å². The molecular weight excluding hydrogens is 164 g/mol. The first-order valence-electron chi connectivity index (χ1n) is 4.62. The van der Waals surface area contributed by atoms with Gasteiger partial charge in [-0.1, -0.05) is 12.1 Å². The highest BCUT2D eigenvalue weighted by molar-refractivity contribution is 5.27. The van der Waals surface area contributed by atoms with Crippen molar-refractivity contribution in [1.29, 1.82) is 0 Å². The molecular formula is C10H14N2O.